The van der Waals surface area contributed by atoms with E-state index in [4.69, 9.17) is 0 Å². The van der Waals surface area contributed by atoms with Gasteiger partial charge in [0.15, 0.2) is 0 Å². The van der Waals surface area contributed by atoms with Crippen molar-refractivity contribution in [1.82, 2.24) is 4.31 Å². The summed E-state index contributed by atoms with van der Waals surface area (Å²) in [4.78, 5) is 13.2. The van der Waals surface area contributed by atoms with E-state index in [1.807, 2.05) is 0 Å². The van der Waals surface area contributed by atoms with Crippen LogP contribution in [-0.4, -0.2) is 18.6 Å². The second kappa shape index (κ2) is 8.36. The minimum atomic E-state index is -5.15. The molecule has 0 N–H and O–H groups in total. The molecule has 0 spiro atoms. The molecule has 3 aromatic carbocycles. The van der Waals surface area contributed by atoms with Crippen molar-refractivity contribution in [3.8, 4) is 0 Å². The fourth-order valence-electron chi connectivity index (χ4n) is 4.23. The predicted octanol–water partition coefficient (Wildman–Crippen LogP) is 6.58. The molecule has 1 atom stereocenters. The summed E-state index contributed by atoms with van der Waals surface area (Å²) in [6.45, 7) is 4.89. The van der Waals surface area contributed by atoms with Gasteiger partial charge in [0.25, 0.3) is 15.9 Å². The first-order chi connectivity index (χ1) is 16.5. The van der Waals surface area contributed by atoms with E-state index >= 15 is 0 Å². The highest BCUT2D eigenvalue weighted by molar-refractivity contribution is 7.89. The summed E-state index contributed by atoms with van der Waals surface area (Å²) < 4.78 is 109. The fourth-order valence-corrected chi connectivity index (χ4v) is 5.76. The smallest absolute Gasteiger partial charge is 0.268 e. The Hall–Kier alpha value is -3.34. The molecule has 4 rings (SSSR count). The average Bonchev–Trinajstić information content (AvgIpc) is 3.08. The Morgan fingerprint density at radius 1 is 0.778 bits per heavy atom. The monoisotopic (exact) mass is 527 g/mol. The second-order valence-electron chi connectivity index (χ2n) is 8.63. The molecule has 0 bridgehead atoms. The SMILES string of the molecule is Cc1ccc(S(=O)(=O)N2C(=O)c3c(ccc(C)c3C)C2c2cc(C(F)(F)F)cc(C(F)(F)F)c2)cc1. The van der Waals surface area contributed by atoms with Crippen LogP contribution in [0.3, 0.4) is 0 Å². The van der Waals surface area contributed by atoms with Crippen LogP contribution in [0.15, 0.2) is 59.5 Å². The molecule has 11 heteroatoms. The predicted molar refractivity (Wildman–Crippen MR) is 119 cm³/mol. The van der Waals surface area contributed by atoms with Crippen LogP contribution in [0.25, 0.3) is 0 Å². The van der Waals surface area contributed by atoms with Gasteiger partial charge in [-0.05, 0) is 73.4 Å². The Kier molecular flexibility index (Phi) is 5.98. The van der Waals surface area contributed by atoms with E-state index in [-0.39, 0.29) is 22.1 Å². The van der Waals surface area contributed by atoms with Crippen molar-refractivity contribution < 1.29 is 39.6 Å². The van der Waals surface area contributed by atoms with Crippen molar-refractivity contribution >= 4 is 15.9 Å². The average molecular weight is 527 g/mol. The minimum Gasteiger partial charge on any atom is -0.268 e. The Morgan fingerprint density at radius 2 is 1.31 bits per heavy atom. The summed E-state index contributed by atoms with van der Waals surface area (Å²) in [5.74, 6) is -1.03. The van der Waals surface area contributed by atoms with Crippen molar-refractivity contribution in [2.45, 2.75) is 44.1 Å². The van der Waals surface area contributed by atoms with Crippen LogP contribution in [0.4, 0.5) is 26.3 Å². The number of halogens is 6. The van der Waals surface area contributed by atoms with Crippen molar-refractivity contribution in [2.24, 2.45) is 0 Å². The van der Waals surface area contributed by atoms with Crippen LogP contribution in [0.2, 0.25) is 0 Å². The number of hydrogen-bond donors (Lipinski definition) is 0. The number of aryl methyl sites for hydroxylation is 2. The van der Waals surface area contributed by atoms with Crippen LogP contribution in [0, 0.1) is 20.8 Å². The topological polar surface area (TPSA) is 54.5 Å². The summed E-state index contributed by atoms with van der Waals surface area (Å²) in [5, 5.41) is 0. The van der Waals surface area contributed by atoms with Crippen molar-refractivity contribution in [3.63, 3.8) is 0 Å². The van der Waals surface area contributed by atoms with E-state index in [9.17, 15) is 39.6 Å². The van der Waals surface area contributed by atoms with E-state index in [0.29, 0.717) is 33.1 Å². The zero-order valence-electron chi connectivity index (χ0n) is 19.1. The summed E-state index contributed by atoms with van der Waals surface area (Å²) >= 11 is 0. The highest BCUT2D eigenvalue weighted by Gasteiger charge is 2.47. The number of fused-ring (bicyclic) bond motifs is 1. The normalized spacial score (nSPS) is 16.4. The first-order valence-corrected chi connectivity index (χ1v) is 12.0. The van der Waals surface area contributed by atoms with Gasteiger partial charge in [-0.3, -0.25) is 4.79 Å². The van der Waals surface area contributed by atoms with Crippen molar-refractivity contribution in [3.05, 3.63) is 99.1 Å². The van der Waals surface area contributed by atoms with Gasteiger partial charge in [-0.2, -0.15) is 26.3 Å². The van der Waals surface area contributed by atoms with Gasteiger partial charge in [0.1, 0.15) is 0 Å². The Morgan fingerprint density at radius 3 is 1.81 bits per heavy atom. The Bertz CT molecular complexity index is 1440. The fraction of sp³-hybridized carbons (Fsp3) is 0.240. The van der Waals surface area contributed by atoms with Crippen LogP contribution in [0.5, 0.6) is 0 Å². The number of benzene rings is 3. The molecule has 0 fully saturated rings. The number of nitrogens with zero attached hydrogens (tertiary/aromatic N) is 1. The van der Waals surface area contributed by atoms with E-state index in [0.717, 1.165) is 0 Å². The first kappa shape index (κ1) is 25.7. The molecule has 0 aliphatic carbocycles. The lowest BCUT2D eigenvalue weighted by molar-refractivity contribution is -0.143. The number of hydrogen-bond acceptors (Lipinski definition) is 3. The molecule has 1 amide bonds. The van der Waals surface area contributed by atoms with Gasteiger partial charge >= 0.3 is 12.4 Å². The highest BCUT2D eigenvalue weighted by atomic mass is 32.2. The largest absolute Gasteiger partial charge is 0.416 e. The molecule has 0 radical (unpaired) electrons. The maximum absolute atomic E-state index is 13.6. The number of carbonyl (C=O) groups excluding carboxylic acids is 1. The summed E-state index contributed by atoms with van der Waals surface area (Å²) in [6.07, 6.45) is -10.3. The summed E-state index contributed by atoms with van der Waals surface area (Å²) in [5.41, 5.74) is -2.20. The molecule has 0 saturated carbocycles. The quantitative estimate of drug-likeness (QED) is 0.362. The van der Waals surface area contributed by atoms with E-state index in [1.165, 1.54) is 36.4 Å². The van der Waals surface area contributed by atoms with Crippen molar-refractivity contribution in [1.29, 1.82) is 0 Å². The molecule has 0 aromatic heterocycles. The van der Waals surface area contributed by atoms with E-state index in [1.54, 1.807) is 20.8 Å². The van der Waals surface area contributed by atoms with Gasteiger partial charge in [-0.15, -0.1) is 0 Å². The molecular weight excluding hydrogens is 508 g/mol. The zero-order valence-corrected chi connectivity index (χ0v) is 19.9. The maximum atomic E-state index is 13.6. The molecule has 36 heavy (non-hydrogen) atoms. The molecule has 1 unspecified atom stereocenters. The Labute approximate surface area is 203 Å². The molecule has 190 valence electrons. The van der Waals surface area contributed by atoms with Crippen LogP contribution in [-0.2, 0) is 22.4 Å². The van der Waals surface area contributed by atoms with Gasteiger partial charge < -0.3 is 0 Å². The third kappa shape index (κ3) is 4.25. The van der Waals surface area contributed by atoms with Gasteiger partial charge in [0, 0.05) is 5.56 Å². The number of amides is 1. The number of carbonyl (C=O) groups is 1. The van der Waals surface area contributed by atoms with Gasteiger partial charge in [0.05, 0.1) is 22.1 Å². The number of sulfonamides is 1. The van der Waals surface area contributed by atoms with Gasteiger partial charge in [-0.25, -0.2) is 12.7 Å². The Balaban J connectivity index is 2.05. The van der Waals surface area contributed by atoms with E-state index < -0.39 is 51.0 Å². The molecule has 1 aliphatic heterocycles. The van der Waals surface area contributed by atoms with Crippen LogP contribution >= 0.6 is 0 Å². The van der Waals surface area contributed by atoms with Crippen LogP contribution < -0.4 is 0 Å². The lowest BCUT2D eigenvalue weighted by Crippen LogP contribution is -2.35. The molecule has 0 saturated heterocycles. The lowest BCUT2D eigenvalue weighted by Gasteiger charge is -2.26. The third-order valence-corrected chi connectivity index (χ3v) is 7.98. The lowest BCUT2D eigenvalue weighted by atomic mass is 9.92. The second-order valence-corrected chi connectivity index (χ2v) is 10.4. The first-order valence-electron chi connectivity index (χ1n) is 10.6. The third-order valence-electron chi connectivity index (χ3n) is 6.21. The van der Waals surface area contributed by atoms with Crippen molar-refractivity contribution in [2.75, 3.05) is 0 Å². The minimum absolute atomic E-state index is 0.00577. The molecular formula is C25H19F6NO3S. The molecule has 3 aromatic rings. The summed E-state index contributed by atoms with van der Waals surface area (Å²) in [7, 11) is -4.67. The number of rotatable bonds is 3. The molecule has 4 nitrogen and oxygen atoms in total. The van der Waals surface area contributed by atoms with Gasteiger partial charge in [0.2, 0.25) is 0 Å². The van der Waals surface area contributed by atoms with Crippen LogP contribution in [0.1, 0.15) is 55.3 Å². The standard InChI is InChI=1S/C25H19F6NO3S/c1-13-4-7-19(8-5-13)36(34,35)32-22(20-9-6-14(2)15(3)21(20)23(32)33)16-10-17(24(26,27)28)12-18(11-16)25(29,30)31/h4-12,22H,1-3H3. The number of alkyl halides is 6. The maximum Gasteiger partial charge on any atom is 0.416 e. The van der Waals surface area contributed by atoms with E-state index in [2.05, 4.69) is 0 Å². The molecule has 1 aliphatic rings. The molecule has 1 heterocycles. The zero-order chi connectivity index (χ0) is 26.8. The van der Waals surface area contributed by atoms with Gasteiger partial charge in [-0.1, -0.05) is 29.8 Å². The summed E-state index contributed by atoms with van der Waals surface area (Å²) in [6, 6.07) is 7.42. The highest BCUT2D eigenvalue weighted by Crippen LogP contribution is 2.46.